The van der Waals surface area contributed by atoms with E-state index in [9.17, 15) is 10.1 Å². The zero-order valence-corrected chi connectivity index (χ0v) is 17.9. The van der Waals surface area contributed by atoms with Gasteiger partial charge in [0.05, 0.1) is 18.1 Å². The zero-order chi connectivity index (χ0) is 22.3. The molecule has 1 heterocycles. The first-order valence-corrected chi connectivity index (χ1v) is 11.0. The molecule has 3 aromatic carbocycles. The Bertz CT molecular complexity index is 1100. The molecule has 0 aliphatic carbocycles. The zero-order valence-electron chi connectivity index (χ0n) is 17.9. The second kappa shape index (κ2) is 10.1. The predicted molar refractivity (Wildman–Crippen MR) is 126 cm³/mol. The number of carboxylic acids is 1. The number of fused-ring (bicyclic) bond motifs is 1. The highest BCUT2D eigenvalue weighted by atomic mass is 16.4. The Balaban J connectivity index is 1.46. The number of anilines is 1. The first kappa shape index (κ1) is 21.6. The summed E-state index contributed by atoms with van der Waals surface area (Å²) >= 11 is 0. The number of aliphatic carboxylic acids is 1. The maximum Gasteiger partial charge on any atom is 0.307 e. The van der Waals surface area contributed by atoms with Gasteiger partial charge in [0.25, 0.3) is 0 Å². The van der Waals surface area contributed by atoms with E-state index in [1.54, 1.807) is 0 Å². The minimum Gasteiger partial charge on any atom is -0.481 e. The molecule has 0 aromatic heterocycles. The van der Waals surface area contributed by atoms with Gasteiger partial charge in [-0.05, 0) is 59.7 Å². The molecule has 3 aromatic rings. The van der Waals surface area contributed by atoms with Gasteiger partial charge in [-0.3, -0.25) is 4.79 Å². The smallest absolute Gasteiger partial charge is 0.307 e. The molecule has 0 amide bonds. The fourth-order valence-electron chi connectivity index (χ4n) is 4.48. The number of nitrogens with zero attached hydrogens (tertiary/aromatic N) is 1. The molecule has 4 rings (SSSR count). The number of hydrogen-bond acceptors (Lipinski definition) is 4. The molecule has 5 heteroatoms. The Kier molecular flexibility index (Phi) is 6.84. The van der Waals surface area contributed by atoms with Gasteiger partial charge in [0.2, 0.25) is 0 Å². The van der Waals surface area contributed by atoms with Crippen LogP contribution in [0.15, 0.2) is 72.8 Å². The van der Waals surface area contributed by atoms with Gasteiger partial charge in [-0.15, -0.1) is 0 Å². The number of rotatable bonds is 8. The summed E-state index contributed by atoms with van der Waals surface area (Å²) < 4.78 is 0. The number of carboxylic acid groups (broad SMARTS) is 1. The lowest BCUT2D eigenvalue weighted by Gasteiger charge is -2.34. The highest BCUT2D eigenvalue weighted by molar-refractivity contribution is 5.70. The third-order valence-corrected chi connectivity index (χ3v) is 6.10. The summed E-state index contributed by atoms with van der Waals surface area (Å²) in [7, 11) is 0. The number of benzene rings is 3. The van der Waals surface area contributed by atoms with Crippen LogP contribution >= 0.6 is 0 Å². The summed E-state index contributed by atoms with van der Waals surface area (Å²) in [4.78, 5) is 10.9. The maximum absolute atomic E-state index is 10.9. The molecule has 0 saturated heterocycles. The first-order valence-electron chi connectivity index (χ1n) is 11.0. The summed E-state index contributed by atoms with van der Waals surface area (Å²) in [5.41, 5.74) is 6.15. The summed E-state index contributed by atoms with van der Waals surface area (Å²) in [6, 6.07) is 26.6. The third-order valence-electron chi connectivity index (χ3n) is 6.10. The Hall–Kier alpha value is -3.62. The Morgan fingerprint density at radius 2 is 1.81 bits per heavy atom. The van der Waals surface area contributed by atoms with Crippen molar-refractivity contribution in [1.29, 1.82) is 5.26 Å². The lowest BCUT2D eigenvalue weighted by molar-refractivity contribution is -0.136. The van der Waals surface area contributed by atoms with Crippen molar-refractivity contribution in [2.75, 3.05) is 18.4 Å². The van der Waals surface area contributed by atoms with Crippen molar-refractivity contribution in [2.24, 2.45) is 5.92 Å². The van der Waals surface area contributed by atoms with Gasteiger partial charge < -0.3 is 15.7 Å². The highest BCUT2D eigenvalue weighted by Crippen LogP contribution is 2.34. The molecule has 162 valence electrons. The Morgan fingerprint density at radius 1 is 1.06 bits per heavy atom. The maximum atomic E-state index is 10.9. The number of hydrogen-bond donors (Lipinski definition) is 3. The van der Waals surface area contributed by atoms with E-state index in [1.165, 1.54) is 11.1 Å². The molecule has 1 aliphatic heterocycles. The van der Waals surface area contributed by atoms with Crippen LogP contribution in [0.4, 0.5) is 5.69 Å². The lowest BCUT2D eigenvalue weighted by Crippen LogP contribution is -2.37. The minimum absolute atomic E-state index is 0.0510. The van der Waals surface area contributed by atoms with Crippen molar-refractivity contribution < 1.29 is 9.90 Å². The topological polar surface area (TPSA) is 85.2 Å². The quantitative estimate of drug-likeness (QED) is 0.500. The fourth-order valence-corrected chi connectivity index (χ4v) is 4.48. The van der Waals surface area contributed by atoms with Gasteiger partial charge in [0, 0.05) is 18.3 Å². The van der Waals surface area contributed by atoms with E-state index >= 15 is 0 Å². The van der Waals surface area contributed by atoms with E-state index < -0.39 is 5.97 Å². The van der Waals surface area contributed by atoms with Crippen LogP contribution in [0.5, 0.6) is 0 Å². The number of carbonyl (C=O) groups is 1. The highest BCUT2D eigenvalue weighted by Gasteiger charge is 2.28. The van der Waals surface area contributed by atoms with Crippen LogP contribution in [-0.4, -0.2) is 24.2 Å². The summed E-state index contributed by atoms with van der Waals surface area (Å²) in [6.07, 6.45) is 1.76. The molecule has 0 saturated carbocycles. The van der Waals surface area contributed by atoms with Crippen molar-refractivity contribution >= 4 is 11.7 Å². The van der Waals surface area contributed by atoms with E-state index in [0.717, 1.165) is 48.3 Å². The molecule has 0 fully saturated rings. The van der Waals surface area contributed by atoms with Crippen LogP contribution in [0.25, 0.3) is 0 Å². The normalized spacial score (nSPS) is 15.8. The summed E-state index contributed by atoms with van der Waals surface area (Å²) in [5, 5.41) is 25.8. The molecule has 5 nitrogen and oxygen atoms in total. The molecular formula is C27H27N3O2. The molecule has 0 radical (unpaired) electrons. The van der Waals surface area contributed by atoms with E-state index in [2.05, 4.69) is 41.0 Å². The molecule has 2 atom stereocenters. The second-order valence-corrected chi connectivity index (χ2v) is 8.27. The monoisotopic (exact) mass is 425 g/mol. The van der Waals surface area contributed by atoms with E-state index in [-0.39, 0.29) is 12.5 Å². The number of nitrogens with one attached hydrogen (secondary N) is 2. The third kappa shape index (κ3) is 5.16. The van der Waals surface area contributed by atoms with Crippen LogP contribution < -0.4 is 10.6 Å². The minimum atomic E-state index is -0.813. The standard InChI is InChI=1S/C27H27N3O2/c28-17-22-7-4-8-25-24(22)16-23(18-30-25)27(21-5-2-1-3-6-21)29-14-13-19-9-11-20(12-10-19)15-26(31)32/h1-12,23,27,29-30H,13-16,18H2,(H,31,32)/t23-,27+/m0/s1. The van der Waals surface area contributed by atoms with Crippen molar-refractivity contribution in [1.82, 2.24) is 5.32 Å². The van der Waals surface area contributed by atoms with Gasteiger partial charge in [0.1, 0.15) is 0 Å². The van der Waals surface area contributed by atoms with Crippen molar-refractivity contribution in [3.8, 4) is 6.07 Å². The summed E-state index contributed by atoms with van der Waals surface area (Å²) in [5.74, 6) is -0.496. The van der Waals surface area contributed by atoms with E-state index in [4.69, 9.17) is 5.11 Å². The van der Waals surface area contributed by atoms with Gasteiger partial charge >= 0.3 is 5.97 Å². The molecule has 0 unspecified atom stereocenters. The number of nitriles is 1. The Labute approximate surface area is 188 Å². The largest absolute Gasteiger partial charge is 0.481 e. The van der Waals surface area contributed by atoms with Gasteiger partial charge in [-0.25, -0.2) is 0 Å². The van der Waals surface area contributed by atoms with Gasteiger partial charge in [-0.1, -0.05) is 60.7 Å². The van der Waals surface area contributed by atoms with Crippen molar-refractivity contribution in [3.05, 3.63) is 101 Å². The van der Waals surface area contributed by atoms with Crippen LogP contribution in [0.2, 0.25) is 0 Å². The SMILES string of the molecule is N#Cc1cccc2c1C[C@H]([C@H](NCCc1ccc(CC(=O)O)cc1)c1ccccc1)CN2. The summed E-state index contributed by atoms with van der Waals surface area (Å²) in [6.45, 7) is 1.65. The van der Waals surface area contributed by atoms with E-state index in [1.807, 2.05) is 48.5 Å². The molecule has 3 N–H and O–H groups in total. The lowest BCUT2D eigenvalue weighted by atomic mass is 9.83. The Morgan fingerprint density at radius 3 is 2.53 bits per heavy atom. The van der Waals surface area contributed by atoms with Crippen LogP contribution in [0.3, 0.4) is 0 Å². The van der Waals surface area contributed by atoms with Crippen molar-refractivity contribution in [2.45, 2.75) is 25.3 Å². The second-order valence-electron chi connectivity index (χ2n) is 8.27. The average Bonchev–Trinajstić information content (AvgIpc) is 2.82. The molecule has 1 aliphatic rings. The predicted octanol–water partition coefficient (Wildman–Crippen LogP) is 4.34. The molecular weight excluding hydrogens is 398 g/mol. The average molecular weight is 426 g/mol. The van der Waals surface area contributed by atoms with Gasteiger partial charge in [0.15, 0.2) is 0 Å². The fraction of sp³-hybridized carbons (Fsp3) is 0.259. The van der Waals surface area contributed by atoms with Crippen LogP contribution in [0.1, 0.15) is 33.9 Å². The van der Waals surface area contributed by atoms with Gasteiger partial charge in [-0.2, -0.15) is 5.26 Å². The van der Waals surface area contributed by atoms with Crippen LogP contribution in [-0.2, 0) is 24.1 Å². The first-order chi connectivity index (χ1) is 15.6. The van der Waals surface area contributed by atoms with E-state index in [0.29, 0.717) is 5.92 Å². The molecule has 32 heavy (non-hydrogen) atoms. The van der Waals surface area contributed by atoms with Crippen LogP contribution in [0, 0.1) is 17.2 Å². The molecule has 0 spiro atoms. The molecule has 0 bridgehead atoms. The van der Waals surface area contributed by atoms with Crippen molar-refractivity contribution in [3.63, 3.8) is 0 Å².